The highest BCUT2D eigenvalue weighted by atomic mass is 79.9. The molecule has 1 fully saturated rings. The molecule has 0 aromatic carbocycles. The van der Waals surface area contributed by atoms with Crippen LogP contribution in [0.1, 0.15) is 38.9 Å². The summed E-state index contributed by atoms with van der Waals surface area (Å²) in [4.78, 5) is 0.240. The van der Waals surface area contributed by atoms with Gasteiger partial charge < -0.3 is 9.73 Å². The standard InChI is InChI=1S/C14H23BrN2O3S/c1-3-7-17(10-11-5-6-11)21(18,19)13-8-12(9-16-4-2)20-14(13)15/h8,11,16H,3-7,9-10H2,1-2H3. The molecule has 0 bridgehead atoms. The van der Waals surface area contributed by atoms with E-state index in [1.807, 2.05) is 13.8 Å². The molecule has 5 nitrogen and oxygen atoms in total. The first-order chi connectivity index (χ1) is 9.98. The predicted molar refractivity (Wildman–Crippen MR) is 85.6 cm³/mol. The quantitative estimate of drug-likeness (QED) is 0.717. The van der Waals surface area contributed by atoms with E-state index in [0.29, 0.717) is 36.0 Å². The summed E-state index contributed by atoms with van der Waals surface area (Å²) in [5.74, 6) is 1.16. The van der Waals surface area contributed by atoms with Crippen LogP contribution in [-0.2, 0) is 16.6 Å². The molecule has 1 aromatic rings. The number of hydrogen-bond acceptors (Lipinski definition) is 4. The van der Waals surface area contributed by atoms with Gasteiger partial charge in [0.25, 0.3) is 0 Å². The SMILES string of the molecule is CCCN(CC1CC1)S(=O)(=O)c1cc(CNCC)oc1Br. The summed E-state index contributed by atoms with van der Waals surface area (Å²) in [5, 5.41) is 3.13. The largest absolute Gasteiger partial charge is 0.452 e. The number of halogens is 1. The Hall–Kier alpha value is -0.370. The molecule has 0 unspecified atom stereocenters. The molecule has 1 aliphatic rings. The molecule has 21 heavy (non-hydrogen) atoms. The second kappa shape index (κ2) is 7.26. The number of hydrogen-bond donors (Lipinski definition) is 1. The van der Waals surface area contributed by atoms with Crippen LogP contribution in [0, 0.1) is 5.92 Å². The van der Waals surface area contributed by atoms with Gasteiger partial charge in [-0.15, -0.1) is 0 Å². The van der Waals surface area contributed by atoms with Gasteiger partial charge in [-0.05, 0) is 47.7 Å². The van der Waals surface area contributed by atoms with Crippen LogP contribution >= 0.6 is 15.9 Å². The van der Waals surface area contributed by atoms with E-state index in [4.69, 9.17) is 4.42 Å². The number of furan rings is 1. The van der Waals surface area contributed by atoms with Gasteiger partial charge in [0.05, 0.1) is 6.54 Å². The monoisotopic (exact) mass is 378 g/mol. The van der Waals surface area contributed by atoms with Gasteiger partial charge in [0, 0.05) is 19.2 Å². The lowest BCUT2D eigenvalue weighted by atomic mass is 10.4. The minimum atomic E-state index is -3.49. The number of rotatable bonds is 9. The van der Waals surface area contributed by atoms with Gasteiger partial charge in [-0.25, -0.2) is 8.42 Å². The number of nitrogens with zero attached hydrogens (tertiary/aromatic N) is 1. The Morgan fingerprint density at radius 3 is 2.71 bits per heavy atom. The van der Waals surface area contributed by atoms with Gasteiger partial charge in [0.15, 0.2) is 4.67 Å². The highest BCUT2D eigenvalue weighted by Gasteiger charge is 2.33. The Bertz CT molecular complexity index is 567. The summed E-state index contributed by atoms with van der Waals surface area (Å²) in [6.07, 6.45) is 3.08. The normalized spacial score (nSPS) is 15.8. The average molecular weight is 379 g/mol. The van der Waals surface area contributed by atoms with Crippen molar-refractivity contribution < 1.29 is 12.8 Å². The lowest BCUT2D eigenvalue weighted by molar-refractivity contribution is 0.393. The van der Waals surface area contributed by atoms with Gasteiger partial charge in [0.2, 0.25) is 10.0 Å². The lowest BCUT2D eigenvalue weighted by Gasteiger charge is -2.20. The van der Waals surface area contributed by atoms with Crippen LogP contribution in [0.15, 0.2) is 20.0 Å². The Kier molecular flexibility index (Phi) is 5.88. The fourth-order valence-corrected chi connectivity index (χ4v) is 4.76. The Labute approximate surface area is 135 Å². The molecule has 1 aromatic heterocycles. The minimum Gasteiger partial charge on any atom is -0.452 e. The first-order valence-electron chi connectivity index (χ1n) is 7.48. The van der Waals surface area contributed by atoms with Crippen LogP contribution in [0.5, 0.6) is 0 Å². The third-order valence-electron chi connectivity index (χ3n) is 3.51. The molecule has 0 radical (unpaired) electrons. The second-order valence-corrected chi connectivity index (χ2v) is 8.06. The molecule has 0 amide bonds. The van der Waals surface area contributed by atoms with E-state index in [1.54, 1.807) is 10.4 Å². The van der Waals surface area contributed by atoms with Crippen molar-refractivity contribution in [3.05, 3.63) is 16.5 Å². The summed E-state index contributed by atoms with van der Waals surface area (Å²) >= 11 is 3.25. The second-order valence-electron chi connectivity index (χ2n) is 5.44. The maximum Gasteiger partial charge on any atom is 0.247 e. The van der Waals surface area contributed by atoms with Crippen molar-refractivity contribution in [2.75, 3.05) is 19.6 Å². The average Bonchev–Trinajstić information content (AvgIpc) is 3.17. The zero-order valence-corrected chi connectivity index (χ0v) is 15.0. The molecule has 2 rings (SSSR count). The molecule has 0 spiro atoms. The number of sulfonamides is 1. The molecule has 0 atom stereocenters. The first kappa shape index (κ1) is 17.0. The van der Waals surface area contributed by atoms with Crippen molar-refractivity contribution in [3.8, 4) is 0 Å². The van der Waals surface area contributed by atoms with Crippen LogP contribution < -0.4 is 5.32 Å². The van der Waals surface area contributed by atoms with E-state index >= 15 is 0 Å². The molecule has 1 saturated carbocycles. The number of nitrogens with one attached hydrogen (secondary N) is 1. The fourth-order valence-electron chi connectivity index (χ4n) is 2.20. The van der Waals surface area contributed by atoms with Gasteiger partial charge in [-0.1, -0.05) is 13.8 Å². The molecule has 120 valence electrons. The van der Waals surface area contributed by atoms with Crippen molar-refractivity contribution in [1.29, 1.82) is 0 Å². The summed E-state index contributed by atoms with van der Waals surface area (Å²) in [6.45, 7) is 6.51. The van der Waals surface area contributed by atoms with Crippen LogP contribution in [0.2, 0.25) is 0 Å². The van der Waals surface area contributed by atoms with Gasteiger partial charge >= 0.3 is 0 Å². The van der Waals surface area contributed by atoms with Crippen LogP contribution in [0.4, 0.5) is 0 Å². The topological polar surface area (TPSA) is 62.6 Å². The Balaban J connectivity index is 2.21. The van der Waals surface area contributed by atoms with Crippen molar-refractivity contribution >= 4 is 26.0 Å². The van der Waals surface area contributed by atoms with Crippen LogP contribution in [0.25, 0.3) is 0 Å². The molecule has 1 N–H and O–H groups in total. The molecular formula is C14H23BrN2O3S. The Morgan fingerprint density at radius 2 is 2.14 bits per heavy atom. The highest BCUT2D eigenvalue weighted by Crippen LogP contribution is 2.34. The summed E-state index contributed by atoms with van der Waals surface area (Å²) < 4.78 is 33.0. The van der Waals surface area contributed by atoms with Crippen molar-refractivity contribution in [3.63, 3.8) is 0 Å². The smallest absolute Gasteiger partial charge is 0.247 e. The maximum atomic E-state index is 12.8. The van der Waals surface area contributed by atoms with Crippen molar-refractivity contribution in [1.82, 2.24) is 9.62 Å². The molecule has 0 aliphatic heterocycles. The molecule has 0 saturated heterocycles. The Morgan fingerprint density at radius 1 is 1.43 bits per heavy atom. The summed E-state index contributed by atoms with van der Waals surface area (Å²) in [6, 6.07) is 1.62. The first-order valence-corrected chi connectivity index (χ1v) is 9.71. The van der Waals surface area contributed by atoms with E-state index in [1.165, 1.54) is 0 Å². The maximum absolute atomic E-state index is 12.8. The molecular weight excluding hydrogens is 356 g/mol. The summed E-state index contributed by atoms with van der Waals surface area (Å²) in [5.41, 5.74) is 0. The van der Waals surface area contributed by atoms with Crippen LogP contribution in [0.3, 0.4) is 0 Å². The van der Waals surface area contributed by atoms with Crippen LogP contribution in [-0.4, -0.2) is 32.4 Å². The van der Waals surface area contributed by atoms with Gasteiger partial charge in [-0.3, -0.25) is 0 Å². The highest BCUT2D eigenvalue weighted by molar-refractivity contribution is 9.10. The zero-order chi connectivity index (χ0) is 15.5. The zero-order valence-electron chi connectivity index (χ0n) is 12.6. The molecule has 7 heteroatoms. The summed E-state index contributed by atoms with van der Waals surface area (Å²) in [7, 11) is -3.49. The minimum absolute atomic E-state index is 0.240. The van der Waals surface area contributed by atoms with Gasteiger partial charge in [0.1, 0.15) is 10.7 Å². The third kappa shape index (κ3) is 4.31. The molecule has 1 aliphatic carbocycles. The van der Waals surface area contributed by atoms with E-state index in [0.717, 1.165) is 25.8 Å². The molecule has 1 heterocycles. The predicted octanol–water partition coefficient (Wildman–Crippen LogP) is 2.96. The van der Waals surface area contributed by atoms with Crippen molar-refractivity contribution in [2.45, 2.75) is 44.6 Å². The van der Waals surface area contributed by atoms with Crippen molar-refractivity contribution in [2.24, 2.45) is 5.92 Å². The van der Waals surface area contributed by atoms with Gasteiger partial charge in [-0.2, -0.15) is 4.31 Å². The fraction of sp³-hybridized carbons (Fsp3) is 0.714. The van der Waals surface area contributed by atoms with E-state index in [-0.39, 0.29) is 4.90 Å². The lowest BCUT2D eigenvalue weighted by Crippen LogP contribution is -2.33. The van der Waals surface area contributed by atoms with E-state index < -0.39 is 10.0 Å². The van der Waals surface area contributed by atoms with E-state index in [2.05, 4.69) is 21.2 Å². The van der Waals surface area contributed by atoms with E-state index in [9.17, 15) is 8.42 Å². The third-order valence-corrected chi connectivity index (χ3v) is 6.23.